The molecule has 1 aromatic heterocycles. The van der Waals surface area contributed by atoms with Crippen molar-refractivity contribution in [1.82, 2.24) is 30.5 Å². The van der Waals surface area contributed by atoms with Gasteiger partial charge in [-0.2, -0.15) is 0 Å². The number of hydrazine groups is 1. The van der Waals surface area contributed by atoms with Crippen LogP contribution in [-0.2, 0) is 28.8 Å². The molecule has 3 atom stereocenters. The van der Waals surface area contributed by atoms with Crippen molar-refractivity contribution in [1.29, 1.82) is 0 Å². The number of hydrogen-bond donors (Lipinski definition) is 7. The summed E-state index contributed by atoms with van der Waals surface area (Å²) in [4.78, 5) is 98.3. The zero-order chi connectivity index (χ0) is 36.2. The number of Topliss-reactive ketones (excluding diaryl/α,β-unsaturated/α-hetero) is 1. The summed E-state index contributed by atoms with van der Waals surface area (Å²) in [6, 6.07) is -0.437. The smallest absolute Gasteiger partial charge is 0.350 e. The second kappa shape index (κ2) is 12.6. The first-order chi connectivity index (χ1) is 22.9. The SMILES string of the molecule is CC(C)(O/N=C(\C(=O)N[C@@H]1C(=O)N2CC(C(=O)O)(N3CCN(NC(=O)C(=O)c4ccc(O)c(O)c4Cl)C3=O)S[C@H]12)c1csc(N)n1)C(=O)O. The fraction of sp³-hybridized carbons (Fsp3) is 0.346. The van der Waals surface area contributed by atoms with Gasteiger partial charge in [0, 0.05) is 11.9 Å². The number of carbonyl (C=O) groups excluding carboxylic acids is 5. The van der Waals surface area contributed by atoms with Gasteiger partial charge in [-0.1, -0.05) is 28.5 Å². The minimum absolute atomic E-state index is 0.0461. The molecule has 0 saturated carbocycles. The monoisotopic (exact) mass is 740 g/mol. The van der Waals surface area contributed by atoms with E-state index < -0.39 is 97.7 Å². The molecule has 2 aromatic rings. The van der Waals surface area contributed by atoms with Gasteiger partial charge in [0.05, 0.1) is 23.7 Å². The van der Waals surface area contributed by atoms with Crippen LogP contribution in [0, 0.1) is 0 Å². The summed E-state index contributed by atoms with van der Waals surface area (Å²) in [7, 11) is 0. The first-order valence-electron chi connectivity index (χ1n) is 13.8. The lowest BCUT2D eigenvalue weighted by molar-refractivity contribution is -0.161. The largest absolute Gasteiger partial charge is 0.504 e. The zero-order valence-corrected chi connectivity index (χ0v) is 27.5. The van der Waals surface area contributed by atoms with Crippen LogP contribution in [0.5, 0.6) is 11.5 Å². The van der Waals surface area contributed by atoms with E-state index in [9.17, 15) is 54.0 Å². The molecule has 5 rings (SSSR count). The Balaban J connectivity index is 1.30. The van der Waals surface area contributed by atoms with Gasteiger partial charge in [0.2, 0.25) is 16.4 Å². The number of thiazole rings is 1. The first kappa shape index (κ1) is 35.0. The Morgan fingerprint density at radius 3 is 2.45 bits per heavy atom. The van der Waals surface area contributed by atoms with Crippen molar-refractivity contribution in [3.63, 3.8) is 0 Å². The Hall–Kier alpha value is -5.35. The number of nitrogen functional groups attached to an aromatic ring is 1. The van der Waals surface area contributed by atoms with Crippen molar-refractivity contribution >= 4 is 87.0 Å². The molecule has 23 heteroatoms. The molecule has 0 aliphatic carbocycles. The van der Waals surface area contributed by atoms with Crippen LogP contribution in [0.2, 0.25) is 5.02 Å². The summed E-state index contributed by atoms with van der Waals surface area (Å²) in [5, 5.41) is 45.6. The van der Waals surface area contributed by atoms with E-state index in [-0.39, 0.29) is 23.9 Å². The van der Waals surface area contributed by atoms with Gasteiger partial charge in [-0.25, -0.2) is 24.4 Å². The number of benzene rings is 1. The summed E-state index contributed by atoms with van der Waals surface area (Å²) >= 11 is 7.48. The maximum Gasteiger partial charge on any atom is 0.350 e. The lowest BCUT2D eigenvalue weighted by atomic mass is 10.1. The van der Waals surface area contributed by atoms with Crippen molar-refractivity contribution in [3.8, 4) is 11.5 Å². The lowest BCUT2D eigenvalue weighted by Crippen LogP contribution is -2.68. The number of urea groups is 1. The highest BCUT2D eigenvalue weighted by Gasteiger charge is 2.66. The van der Waals surface area contributed by atoms with Crippen molar-refractivity contribution in [3.05, 3.63) is 33.8 Å². The number of aliphatic carboxylic acids is 2. The predicted octanol–water partition coefficient (Wildman–Crippen LogP) is -0.794. The molecule has 3 aliphatic heterocycles. The van der Waals surface area contributed by atoms with Crippen LogP contribution >= 0.6 is 34.7 Å². The molecular weight excluding hydrogens is 716 g/mol. The molecule has 0 spiro atoms. The van der Waals surface area contributed by atoms with E-state index in [2.05, 4.69) is 20.9 Å². The molecule has 1 unspecified atom stereocenters. The molecule has 1 aromatic carbocycles. The summed E-state index contributed by atoms with van der Waals surface area (Å²) in [6.07, 6.45) is 0. The molecule has 0 radical (unpaired) electrons. The number of ketones is 1. The van der Waals surface area contributed by atoms with Crippen LogP contribution in [0.15, 0.2) is 22.7 Å². The number of fused-ring (bicyclic) bond motifs is 1. The number of amides is 5. The maximum atomic E-state index is 13.4. The first-order valence-corrected chi connectivity index (χ1v) is 15.9. The molecular formula is C26H25ClN8O12S2. The molecule has 3 saturated heterocycles. The summed E-state index contributed by atoms with van der Waals surface area (Å²) < 4.78 is 0. The molecule has 3 fully saturated rings. The van der Waals surface area contributed by atoms with Crippen LogP contribution in [0.3, 0.4) is 0 Å². The summed E-state index contributed by atoms with van der Waals surface area (Å²) in [6.45, 7) is 1.32. The second-order valence-electron chi connectivity index (χ2n) is 11.1. The summed E-state index contributed by atoms with van der Waals surface area (Å²) in [5.41, 5.74) is 4.80. The topological polar surface area (TPSA) is 295 Å². The van der Waals surface area contributed by atoms with Gasteiger partial charge in [0.15, 0.2) is 22.3 Å². The average molecular weight is 741 g/mol. The van der Waals surface area contributed by atoms with E-state index in [1.165, 1.54) is 19.2 Å². The Labute approximate surface area is 287 Å². The number of β-lactam (4-membered cyclic amide) rings is 1. The van der Waals surface area contributed by atoms with E-state index in [0.717, 1.165) is 33.3 Å². The lowest BCUT2D eigenvalue weighted by Gasteiger charge is -2.41. The molecule has 3 aliphatic rings. The Morgan fingerprint density at radius 2 is 1.84 bits per heavy atom. The number of carboxylic acids is 2. The number of phenolic OH excluding ortho intramolecular Hbond substituents is 2. The van der Waals surface area contributed by atoms with Crippen molar-refractivity contribution in [2.75, 3.05) is 25.4 Å². The quantitative estimate of drug-likeness (QED) is 0.0371. The number of carboxylic acid groups (broad SMARTS) is 2. The molecule has 4 heterocycles. The van der Waals surface area contributed by atoms with Gasteiger partial charge in [0.1, 0.15) is 17.1 Å². The number of hydrogen-bond acceptors (Lipinski definition) is 15. The van der Waals surface area contributed by atoms with Gasteiger partial charge < -0.3 is 41.2 Å². The van der Waals surface area contributed by atoms with E-state index in [4.69, 9.17) is 22.2 Å². The van der Waals surface area contributed by atoms with Crippen molar-refractivity contribution in [2.24, 2.45) is 5.16 Å². The highest BCUT2D eigenvalue weighted by Crippen LogP contribution is 2.49. The predicted molar refractivity (Wildman–Crippen MR) is 167 cm³/mol. The normalized spacial score (nSPS) is 22.0. The van der Waals surface area contributed by atoms with E-state index in [0.29, 0.717) is 16.8 Å². The van der Waals surface area contributed by atoms with Gasteiger partial charge in [-0.15, -0.1) is 11.3 Å². The fourth-order valence-corrected chi connectivity index (χ4v) is 7.25. The zero-order valence-electron chi connectivity index (χ0n) is 25.1. The van der Waals surface area contributed by atoms with Crippen LogP contribution in [0.4, 0.5) is 9.93 Å². The van der Waals surface area contributed by atoms with Crippen LogP contribution in [-0.4, -0.2) is 129 Å². The molecule has 260 valence electrons. The van der Waals surface area contributed by atoms with Gasteiger partial charge in [-0.05, 0) is 26.0 Å². The number of rotatable bonds is 11. The third-order valence-corrected chi connectivity index (χ3v) is 10.3. The average Bonchev–Trinajstić information content (AvgIpc) is 3.74. The number of aromatic nitrogens is 1. The highest BCUT2D eigenvalue weighted by molar-refractivity contribution is 8.02. The number of oxime groups is 1. The maximum absolute atomic E-state index is 13.4. The number of thioether (sulfide) groups is 1. The number of nitrogens with one attached hydrogen (secondary N) is 2. The number of nitrogens with two attached hydrogens (primary N) is 1. The van der Waals surface area contributed by atoms with Gasteiger partial charge in [-0.3, -0.25) is 29.5 Å². The van der Waals surface area contributed by atoms with E-state index in [1.54, 1.807) is 0 Å². The number of aromatic hydroxyl groups is 2. The fourth-order valence-electron chi connectivity index (χ4n) is 4.82. The van der Waals surface area contributed by atoms with Crippen molar-refractivity contribution < 1.29 is 58.8 Å². The number of anilines is 1. The molecule has 8 N–H and O–H groups in total. The van der Waals surface area contributed by atoms with Crippen LogP contribution in [0.1, 0.15) is 29.9 Å². The third-order valence-electron chi connectivity index (χ3n) is 7.55. The Kier molecular flexibility index (Phi) is 8.99. The van der Waals surface area contributed by atoms with E-state index >= 15 is 0 Å². The molecule has 5 amide bonds. The minimum atomic E-state index is -2.08. The molecule has 20 nitrogen and oxygen atoms in total. The second-order valence-corrected chi connectivity index (χ2v) is 13.7. The van der Waals surface area contributed by atoms with Crippen LogP contribution < -0.4 is 16.5 Å². The number of halogens is 1. The number of nitrogens with zero attached hydrogens (tertiary/aromatic N) is 5. The van der Waals surface area contributed by atoms with Crippen molar-refractivity contribution in [2.45, 2.75) is 35.7 Å². The minimum Gasteiger partial charge on any atom is -0.504 e. The summed E-state index contributed by atoms with van der Waals surface area (Å²) in [5.74, 6) is -8.74. The molecule has 49 heavy (non-hydrogen) atoms. The van der Waals surface area contributed by atoms with Gasteiger partial charge in [0.25, 0.3) is 11.7 Å². The Bertz CT molecular complexity index is 1850. The standard InChI is InChI=1S/C26H25ClN8O12S2/c1-25(2,21(42)43)47-32-13(10-7-48-23(28)29-10)17(39)30-14-19(41)33-8-26(22(44)45,49-20(14)33)34-5-6-35(24(34)46)31-18(40)15(37)9-3-4-11(36)16(38)12(9)27/h3-4,7,14,20,36,38H,5-6,8H2,1-2H3,(H2,28,29)(H,30,39)(H,31,40)(H,42,43)(H,44,45)/b32-13-/t14-,20-,26?/m1/s1. The van der Waals surface area contributed by atoms with Gasteiger partial charge >= 0.3 is 23.9 Å². The number of phenols is 2. The van der Waals surface area contributed by atoms with Crippen LogP contribution in [0.25, 0.3) is 0 Å². The molecule has 0 bridgehead atoms. The highest BCUT2D eigenvalue weighted by atomic mass is 35.5. The Morgan fingerprint density at radius 1 is 1.14 bits per heavy atom. The van der Waals surface area contributed by atoms with E-state index in [1.807, 2.05) is 0 Å². The number of carbonyl (C=O) groups is 7. The third kappa shape index (κ3) is 6.08.